The summed E-state index contributed by atoms with van der Waals surface area (Å²) in [5.74, 6) is -0.946. The molecule has 3 heteroatoms. The number of benzene rings is 1. The van der Waals surface area contributed by atoms with Gasteiger partial charge in [-0.3, -0.25) is 0 Å². The van der Waals surface area contributed by atoms with E-state index in [-0.39, 0.29) is 5.56 Å². The van der Waals surface area contributed by atoms with E-state index in [0.29, 0.717) is 0 Å². The first-order chi connectivity index (χ1) is 6.85. The molecular formula is C12H16O3. The van der Waals surface area contributed by atoms with Crippen LogP contribution in [-0.2, 0) is 5.41 Å². The Balaban J connectivity index is 3.16. The predicted molar refractivity (Wildman–Crippen MR) is 58.1 cm³/mol. The van der Waals surface area contributed by atoms with Crippen molar-refractivity contribution >= 4 is 5.97 Å². The summed E-state index contributed by atoms with van der Waals surface area (Å²) in [4.78, 5) is 10.8. The molecule has 0 radical (unpaired) electrons. The van der Waals surface area contributed by atoms with E-state index < -0.39 is 17.5 Å². The summed E-state index contributed by atoms with van der Waals surface area (Å²) in [6, 6.07) is 6.68. The van der Waals surface area contributed by atoms with Crippen LogP contribution in [0.4, 0.5) is 0 Å². The van der Waals surface area contributed by atoms with Gasteiger partial charge in [-0.2, -0.15) is 0 Å². The third kappa shape index (κ3) is 2.36. The van der Waals surface area contributed by atoms with Crippen LogP contribution in [-0.4, -0.2) is 22.3 Å². The van der Waals surface area contributed by atoms with Gasteiger partial charge in [0.2, 0.25) is 0 Å². The van der Waals surface area contributed by atoms with Gasteiger partial charge >= 0.3 is 5.97 Å². The molecule has 0 amide bonds. The highest BCUT2D eigenvalue weighted by atomic mass is 16.4. The van der Waals surface area contributed by atoms with E-state index in [4.69, 9.17) is 5.11 Å². The van der Waals surface area contributed by atoms with Crippen LogP contribution in [0.2, 0.25) is 0 Å². The molecule has 3 nitrogen and oxygen atoms in total. The lowest BCUT2D eigenvalue weighted by molar-refractivity contribution is 0.0696. The molecule has 0 aliphatic heterocycles. The van der Waals surface area contributed by atoms with Crippen molar-refractivity contribution in [3.63, 3.8) is 0 Å². The molecule has 82 valence electrons. The van der Waals surface area contributed by atoms with Crippen LogP contribution >= 0.6 is 0 Å². The van der Waals surface area contributed by atoms with Gasteiger partial charge in [-0.25, -0.2) is 4.79 Å². The first-order valence-corrected chi connectivity index (χ1v) is 4.87. The van der Waals surface area contributed by atoms with E-state index >= 15 is 0 Å². The molecule has 1 unspecified atom stereocenters. The molecule has 0 spiro atoms. The summed E-state index contributed by atoms with van der Waals surface area (Å²) in [7, 11) is 0. The summed E-state index contributed by atoms with van der Waals surface area (Å²) < 4.78 is 0. The minimum atomic E-state index is -0.946. The minimum absolute atomic E-state index is 0.251. The fraction of sp³-hybridized carbons (Fsp3) is 0.417. The highest BCUT2D eigenvalue weighted by molar-refractivity contribution is 5.87. The van der Waals surface area contributed by atoms with Crippen LogP contribution in [0.25, 0.3) is 0 Å². The zero-order chi connectivity index (χ0) is 11.6. The van der Waals surface area contributed by atoms with Gasteiger partial charge in [0.05, 0.1) is 11.7 Å². The normalized spacial score (nSPS) is 13.6. The first-order valence-electron chi connectivity index (χ1n) is 4.87. The molecule has 0 aliphatic carbocycles. The Morgan fingerprint density at radius 2 is 2.00 bits per heavy atom. The van der Waals surface area contributed by atoms with E-state index in [1.807, 2.05) is 19.9 Å². The molecule has 0 aliphatic rings. The quantitative estimate of drug-likeness (QED) is 0.799. The average Bonchev–Trinajstić information content (AvgIpc) is 2.17. The Morgan fingerprint density at radius 1 is 1.40 bits per heavy atom. The van der Waals surface area contributed by atoms with Gasteiger partial charge in [-0.15, -0.1) is 0 Å². The molecule has 1 aromatic carbocycles. The highest BCUT2D eigenvalue weighted by Gasteiger charge is 2.26. The van der Waals surface area contributed by atoms with Gasteiger partial charge in [0.15, 0.2) is 0 Å². The number of hydrogen-bond acceptors (Lipinski definition) is 2. The van der Waals surface area contributed by atoms with Crippen molar-refractivity contribution in [1.29, 1.82) is 0 Å². The second kappa shape index (κ2) is 4.03. The Hall–Kier alpha value is -1.35. The lowest BCUT2D eigenvalue weighted by atomic mass is 9.79. The second-order valence-corrected chi connectivity index (χ2v) is 4.28. The van der Waals surface area contributed by atoms with Crippen molar-refractivity contribution in [2.75, 3.05) is 0 Å². The van der Waals surface area contributed by atoms with E-state index in [1.54, 1.807) is 25.1 Å². The molecule has 1 atom stereocenters. The number of hydrogen-bond donors (Lipinski definition) is 2. The maximum Gasteiger partial charge on any atom is 0.335 e. The highest BCUT2D eigenvalue weighted by Crippen LogP contribution is 2.27. The predicted octanol–water partition coefficient (Wildman–Crippen LogP) is 2.04. The van der Waals surface area contributed by atoms with Crippen molar-refractivity contribution in [3.05, 3.63) is 35.4 Å². The van der Waals surface area contributed by atoms with Gasteiger partial charge in [-0.05, 0) is 24.6 Å². The van der Waals surface area contributed by atoms with E-state index in [2.05, 4.69) is 0 Å². The molecular weight excluding hydrogens is 192 g/mol. The van der Waals surface area contributed by atoms with Crippen molar-refractivity contribution in [2.24, 2.45) is 0 Å². The van der Waals surface area contributed by atoms with Gasteiger partial charge < -0.3 is 10.2 Å². The summed E-state index contributed by atoms with van der Waals surface area (Å²) in [6.45, 7) is 5.48. The number of rotatable bonds is 3. The number of aliphatic hydroxyl groups is 1. The third-order valence-electron chi connectivity index (χ3n) is 2.90. The van der Waals surface area contributed by atoms with Crippen molar-refractivity contribution in [2.45, 2.75) is 32.3 Å². The van der Waals surface area contributed by atoms with Crippen LogP contribution in [0.5, 0.6) is 0 Å². The van der Waals surface area contributed by atoms with Crippen LogP contribution in [0, 0.1) is 0 Å². The number of carboxylic acids is 1. The molecule has 0 saturated heterocycles. The molecule has 1 aromatic rings. The minimum Gasteiger partial charge on any atom is -0.478 e. The fourth-order valence-electron chi connectivity index (χ4n) is 1.29. The molecule has 0 aromatic heterocycles. The summed E-state index contributed by atoms with van der Waals surface area (Å²) in [5.41, 5.74) is 0.643. The molecule has 0 heterocycles. The maximum atomic E-state index is 10.8. The molecule has 0 saturated carbocycles. The number of aliphatic hydroxyl groups excluding tert-OH is 1. The van der Waals surface area contributed by atoms with Gasteiger partial charge in [0, 0.05) is 5.41 Å². The number of carboxylic acid groups (broad SMARTS) is 1. The van der Waals surface area contributed by atoms with Gasteiger partial charge in [-0.1, -0.05) is 26.0 Å². The largest absolute Gasteiger partial charge is 0.478 e. The zero-order valence-corrected chi connectivity index (χ0v) is 9.19. The summed E-state index contributed by atoms with van der Waals surface area (Å²) in [5, 5.41) is 18.5. The van der Waals surface area contributed by atoms with E-state index in [0.717, 1.165) is 5.56 Å². The van der Waals surface area contributed by atoms with Crippen LogP contribution in [0.3, 0.4) is 0 Å². The molecule has 0 fully saturated rings. The smallest absolute Gasteiger partial charge is 0.335 e. The standard InChI is InChI=1S/C12H16O3/c1-8(13)12(2,3)10-6-4-5-9(7-10)11(14)15/h4-8,13H,1-3H3,(H,14,15). The molecule has 15 heavy (non-hydrogen) atoms. The Morgan fingerprint density at radius 3 is 2.47 bits per heavy atom. The summed E-state index contributed by atoms with van der Waals surface area (Å²) >= 11 is 0. The lowest BCUT2D eigenvalue weighted by Crippen LogP contribution is -2.31. The van der Waals surface area contributed by atoms with Crippen molar-refractivity contribution in [3.8, 4) is 0 Å². The second-order valence-electron chi connectivity index (χ2n) is 4.28. The maximum absolute atomic E-state index is 10.8. The fourth-order valence-corrected chi connectivity index (χ4v) is 1.29. The van der Waals surface area contributed by atoms with E-state index in [1.165, 1.54) is 0 Å². The van der Waals surface area contributed by atoms with Crippen LogP contribution in [0.15, 0.2) is 24.3 Å². The SMILES string of the molecule is CC(O)C(C)(C)c1cccc(C(=O)O)c1. The zero-order valence-electron chi connectivity index (χ0n) is 9.19. The average molecular weight is 208 g/mol. The van der Waals surface area contributed by atoms with Crippen LogP contribution in [0.1, 0.15) is 36.7 Å². The monoisotopic (exact) mass is 208 g/mol. The van der Waals surface area contributed by atoms with Crippen molar-refractivity contribution < 1.29 is 15.0 Å². The van der Waals surface area contributed by atoms with Crippen molar-refractivity contribution in [1.82, 2.24) is 0 Å². The molecule has 2 N–H and O–H groups in total. The summed E-state index contributed by atoms with van der Waals surface area (Å²) in [6.07, 6.45) is -0.526. The Labute approximate surface area is 89.4 Å². The molecule has 0 bridgehead atoms. The number of carbonyl (C=O) groups is 1. The van der Waals surface area contributed by atoms with Crippen LogP contribution < -0.4 is 0 Å². The van der Waals surface area contributed by atoms with Gasteiger partial charge in [0.1, 0.15) is 0 Å². The Bertz CT molecular complexity index is 367. The lowest BCUT2D eigenvalue weighted by Gasteiger charge is -2.28. The third-order valence-corrected chi connectivity index (χ3v) is 2.90. The number of aromatic carboxylic acids is 1. The van der Waals surface area contributed by atoms with Gasteiger partial charge in [0.25, 0.3) is 0 Å². The molecule has 1 rings (SSSR count). The topological polar surface area (TPSA) is 57.5 Å². The Kier molecular flexibility index (Phi) is 3.15. The first kappa shape index (κ1) is 11.7. The van der Waals surface area contributed by atoms with E-state index in [9.17, 15) is 9.90 Å².